The smallest absolute Gasteiger partial charge is 0.408 e. The van der Waals surface area contributed by atoms with Gasteiger partial charge in [0.2, 0.25) is 0 Å². The minimum Gasteiger partial charge on any atom is -0.467 e. The third kappa shape index (κ3) is 6.92. The van der Waals surface area contributed by atoms with Crippen LogP contribution in [-0.4, -0.2) is 30.8 Å². The normalized spacial score (nSPS) is 12.7. The lowest BCUT2D eigenvalue weighted by atomic mass is 10.1. The first-order valence-electron chi connectivity index (χ1n) is 7.11. The van der Waals surface area contributed by atoms with Gasteiger partial charge in [0.15, 0.2) is 0 Å². The Bertz CT molecular complexity index is 517. The maximum atomic E-state index is 11.8. The summed E-state index contributed by atoms with van der Waals surface area (Å²) < 4.78 is 9.85. The maximum absolute atomic E-state index is 11.8. The van der Waals surface area contributed by atoms with Crippen molar-refractivity contribution in [1.82, 2.24) is 5.32 Å². The Labute approximate surface area is 131 Å². The highest BCUT2D eigenvalue weighted by Gasteiger charge is 2.23. The van der Waals surface area contributed by atoms with Gasteiger partial charge in [-0.05, 0) is 32.8 Å². The average Bonchev–Trinajstić information content (AvgIpc) is 2.44. The fraction of sp³-hybridized carbons (Fsp3) is 0.412. The van der Waals surface area contributed by atoms with Crippen molar-refractivity contribution in [3.05, 3.63) is 42.0 Å². The van der Waals surface area contributed by atoms with Crippen LogP contribution in [-0.2, 0) is 14.3 Å². The number of hydrogen-bond donors (Lipinski definition) is 1. The second-order valence-corrected chi connectivity index (χ2v) is 5.77. The molecule has 1 amide bonds. The number of methoxy groups -OCH3 is 1. The summed E-state index contributed by atoms with van der Waals surface area (Å²) in [6.07, 6.45) is 3.37. The summed E-state index contributed by atoms with van der Waals surface area (Å²) in [5, 5.41) is 2.52. The lowest BCUT2D eigenvalue weighted by molar-refractivity contribution is -0.143. The van der Waals surface area contributed by atoms with E-state index in [4.69, 9.17) is 9.47 Å². The van der Waals surface area contributed by atoms with E-state index >= 15 is 0 Å². The van der Waals surface area contributed by atoms with Gasteiger partial charge in [0.1, 0.15) is 11.6 Å². The molecule has 1 unspecified atom stereocenters. The van der Waals surface area contributed by atoms with Gasteiger partial charge in [0.05, 0.1) is 7.11 Å². The molecule has 0 spiro atoms. The number of benzene rings is 1. The summed E-state index contributed by atoms with van der Waals surface area (Å²) in [5.41, 5.74) is 0.397. The molecular formula is C17H23NO4. The number of carbonyl (C=O) groups excluding carboxylic acids is 2. The number of hydrogen-bond acceptors (Lipinski definition) is 4. The first kappa shape index (κ1) is 17.8. The van der Waals surface area contributed by atoms with E-state index < -0.39 is 23.7 Å². The number of nitrogens with one attached hydrogen (secondary N) is 1. The van der Waals surface area contributed by atoms with Crippen molar-refractivity contribution in [3.8, 4) is 0 Å². The second kappa shape index (κ2) is 8.22. The van der Waals surface area contributed by atoms with Gasteiger partial charge in [-0.2, -0.15) is 0 Å². The molecule has 0 saturated carbocycles. The Hall–Kier alpha value is -2.30. The summed E-state index contributed by atoms with van der Waals surface area (Å²) in [6, 6.07) is 8.90. The number of amides is 1. The Morgan fingerprint density at radius 3 is 2.41 bits per heavy atom. The van der Waals surface area contributed by atoms with Crippen LogP contribution in [0.3, 0.4) is 0 Å². The van der Waals surface area contributed by atoms with Crippen LogP contribution in [0.2, 0.25) is 0 Å². The Balaban J connectivity index is 2.63. The van der Waals surface area contributed by atoms with Crippen molar-refractivity contribution in [3.63, 3.8) is 0 Å². The van der Waals surface area contributed by atoms with Crippen LogP contribution in [0.4, 0.5) is 4.79 Å². The van der Waals surface area contributed by atoms with E-state index in [9.17, 15) is 9.59 Å². The van der Waals surface area contributed by atoms with Gasteiger partial charge in [-0.3, -0.25) is 0 Å². The number of esters is 1. The highest BCUT2D eigenvalue weighted by Crippen LogP contribution is 2.08. The molecule has 1 atom stereocenters. The molecule has 5 heteroatoms. The first-order chi connectivity index (χ1) is 10.3. The molecule has 0 fully saturated rings. The molecule has 1 aromatic carbocycles. The van der Waals surface area contributed by atoms with Crippen molar-refractivity contribution >= 4 is 18.1 Å². The maximum Gasteiger partial charge on any atom is 0.408 e. The molecule has 0 radical (unpaired) electrons. The molecule has 1 N–H and O–H groups in total. The van der Waals surface area contributed by atoms with E-state index in [1.54, 1.807) is 20.8 Å². The van der Waals surface area contributed by atoms with Crippen LogP contribution in [0.5, 0.6) is 0 Å². The molecule has 1 rings (SSSR count). The SMILES string of the molecule is COC(=O)C(C/C=C/c1ccccc1)NC(=O)OC(C)(C)C. The van der Waals surface area contributed by atoms with E-state index in [0.717, 1.165) is 5.56 Å². The van der Waals surface area contributed by atoms with E-state index in [-0.39, 0.29) is 0 Å². The molecule has 1 aromatic rings. The number of alkyl carbamates (subject to hydrolysis) is 1. The van der Waals surface area contributed by atoms with Crippen molar-refractivity contribution in [2.24, 2.45) is 0 Å². The standard InChI is InChI=1S/C17H23NO4/c1-17(2,3)22-16(20)18-14(15(19)21-4)12-8-11-13-9-6-5-7-10-13/h5-11,14H,12H2,1-4H3,(H,18,20)/b11-8+. The second-order valence-electron chi connectivity index (χ2n) is 5.77. The average molecular weight is 305 g/mol. The highest BCUT2D eigenvalue weighted by molar-refractivity contribution is 5.81. The van der Waals surface area contributed by atoms with Crippen LogP contribution in [0.25, 0.3) is 6.08 Å². The lowest BCUT2D eigenvalue weighted by Crippen LogP contribution is -2.43. The Morgan fingerprint density at radius 2 is 1.86 bits per heavy atom. The quantitative estimate of drug-likeness (QED) is 0.849. The summed E-state index contributed by atoms with van der Waals surface area (Å²) in [4.78, 5) is 23.5. The summed E-state index contributed by atoms with van der Waals surface area (Å²) in [5.74, 6) is -0.511. The third-order valence-electron chi connectivity index (χ3n) is 2.66. The molecule has 0 aromatic heterocycles. The Morgan fingerprint density at radius 1 is 1.23 bits per heavy atom. The molecule has 0 bridgehead atoms. The highest BCUT2D eigenvalue weighted by atomic mass is 16.6. The Kier molecular flexibility index (Phi) is 6.63. The fourth-order valence-corrected chi connectivity index (χ4v) is 1.71. The number of carbonyl (C=O) groups is 2. The third-order valence-corrected chi connectivity index (χ3v) is 2.66. The molecule has 120 valence electrons. The van der Waals surface area contributed by atoms with E-state index in [0.29, 0.717) is 6.42 Å². The van der Waals surface area contributed by atoms with Gasteiger partial charge in [-0.15, -0.1) is 0 Å². The van der Waals surface area contributed by atoms with E-state index in [1.165, 1.54) is 7.11 Å². The van der Waals surface area contributed by atoms with E-state index in [2.05, 4.69) is 5.32 Å². The van der Waals surface area contributed by atoms with Gasteiger partial charge in [-0.25, -0.2) is 9.59 Å². The molecule has 5 nitrogen and oxygen atoms in total. The zero-order valence-corrected chi connectivity index (χ0v) is 13.5. The van der Waals surface area contributed by atoms with Gasteiger partial charge in [-0.1, -0.05) is 42.5 Å². The van der Waals surface area contributed by atoms with Crippen LogP contribution < -0.4 is 5.32 Å². The van der Waals surface area contributed by atoms with Crippen molar-refractivity contribution in [2.45, 2.75) is 38.8 Å². The van der Waals surface area contributed by atoms with Gasteiger partial charge < -0.3 is 14.8 Å². The fourth-order valence-electron chi connectivity index (χ4n) is 1.71. The van der Waals surface area contributed by atoms with Crippen molar-refractivity contribution in [2.75, 3.05) is 7.11 Å². The topological polar surface area (TPSA) is 64.6 Å². The first-order valence-corrected chi connectivity index (χ1v) is 7.11. The van der Waals surface area contributed by atoms with Crippen molar-refractivity contribution < 1.29 is 19.1 Å². The zero-order valence-electron chi connectivity index (χ0n) is 13.5. The molecule has 22 heavy (non-hydrogen) atoms. The minimum absolute atomic E-state index is 0.320. The molecule has 0 saturated heterocycles. The largest absolute Gasteiger partial charge is 0.467 e. The number of rotatable bonds is 5. The van der Waals surface area contributed by atoms with Crippen LogP contribution in [0, 0.1) is 0 Å². The summed E-state index contributed by atoms with van der Waals surface area (Å²) in [7, 11) is 1.28. The van der Waals surface area contributed by atoms with E-state index in [1.807, 2.05) is 42.5 Å². The predicted molar refractivity (Wildman–Crippen MR) is 85.3 cm³/mol. The predicted octanol–water partition coefficient (Wildman–Crippen LogP) is 3.16. The van der Waals surface area contributed by atoms with Crippen LogP contribution >= 0.6 is 0 Å². The van der Waals surface area contributed by atoms with Crippen LogP contribution in [0.15, 0.2) is 36.4 Å². The minimum atomic E-state index is -0.778. The lowest BCUT2D eigenvalue weighted by Gasteiger charge is -2.22. The summed E-state index contributed by atoms with van der Waals surface area (Å²) >= 11 is 0. The van der Waals surface area contributed by atoms with Gasteiger partial charge in [0.25, 0.3) is 0 Å². The molecule has 0 aliphatic rings. The molecule has 0 aliphatic carbocycles. The van der Waals surface area contributed by atoms with Gasteiger partial charge in [0, 0.05) is 0 Å². The molecular weight excluding hydrogens is 282 g/mol. The zero-order chi connectivity index (χ0) is 16.6. The number of ether oxygens (including phenoxy) is 2. The molecule has 0 aliphatic heterocycles. The van der Waals surface area contributed by atoms with Crippen molar-refractivity contribution in [1.29, 1.82) is 0 Å². The van der Waals surface area contributed by atoms with Crippen LogP contribution in [0.1, 0.15) is 32.8 Å². The van der Waals surface area contributed by atoms with Gasteiger partial charge >= 0.3 is 12.1 Å². The monoisotopic (exact) mass is 305 g/mol. The summed E-state index contributed by atoms with van der Waals surface area (Å²) in [6.45, 7) is 5.28. The molecule has 0 heterocycles.